The Labute approximate surface area is 132 Å². The van der Waals surface area contributed by atoms with Crippen LogP contribution in [0.2, 0.25) is 5.02 Å². The second-order valence-corrected chi connectivity index (χ2v) is 4.81. The minimum Gasteiger partial charge on any atom is -0.496 e. The fourth-order valence-corrected chi connectivity index (χ4v) is 2.21. The van der Waals surface area contributed by atoms with E-state index in [9.17, 15) is 9.59 Å². The Morgan fingerprint density at radius 3 is 2.23 bits per heavy atom. The number of hydrogen-bond acceptors (Lipinski definition) is 4. The third-order valence-corrected chi connectivity index (χ3v) is 3.47. The van der Waals surface area contributed by atoms with Crippen LogP contribution in [0.15, 0.2) is 36.4 Å². The molecular weight excluding hydrogens is 308 g/mol. The van der Waals surface area contributed by atoms with E-state index in [1.54, 1.807) is 30.3 Å². The molecule has 0 aromatic heterocycles. The minimum atomic E-state index is -1.07. The standard InChI is InChI=1S/C16H13ClO5/c1-21-14-8-10(3-5-11(14)15(18)19)9-4-6-13(17)12(7-9)16(20)22-2/h3-8H,1-2H3,(H,18,19). The van der Waals surface area contributed by atoms with Crippen molar-refractivity contribution in [2.24, 2.45) is 0 Å². The Morgan fingerprint density at radius 1 is 1.00 bits per heavy atom. The summed E-state index contributed by atoms with van der Waals surface area (Å²) in [7, 11) is 2.67. The molecule has 2 aromatic rings. The van der Waals surface area contributed by atoms with Gasteiger partial charge in [-0.15, -0.1) is 0 Å². The van der Waals surface area contributed by atoms with E-state index in [0.29, 0.717) is 11.1 Å². The third kappa shape index (κ3) is 3.04. The number of aromatic carboxylic acids is 1. The van der Waals surface area contributed by atoms with Crippen molar-refractivity contribution in [3.63, 3.8) is 0 Å². The molecule has 5 nitrogen and oxygen atoms in total. The normalized spacial score (nSPS) is 10.1. The number of benzene rings is 2. The number of halogens is 1. The van der Waals surface area contributed by atoms with Crippen LogP contribution >= 0.6 is 11.6 Å². The molecule has 0 saturated carbocycles. The highest BCUT2D eigenvalue weighted by Gasteiger charge is 2.15. The monoisotopic (exact) mass is 320 g/mol. The maximum Gasteiger partial charge on any atom is 0.339 e. The van der Waals surface area contributed by atoms with Crippen molar-refractivity contribution in [2.75, 3.05) is 14.2 Å². The van der Waals surface area contributed by atoms with Gasteiger partial charge < -0.3 is 14.6 Å². The van der Waals surface area contributed by atoms with Gasteiger partial charge in [-0.25, -0.2) is 9.59 Å². The van der Waals surface area contributed by atoms with Crippen molar-refractivity contribution in [3.05, 3.63) is 52.5 Å². The molecule has 22 heavy (non-hydrogen) atoms. The van der Waals surface area contributed by atoms with Crippen LogP contribution in [0.4, 0.5) is 0 Å². The van der Waals surface area contributed by atoms with E-state index in [1.165, 1.54) is 20.3 Å². The molecule has 0 spiro atoms. The van der Waals surface area contributed by atoms with Gasteiger partial charge in [0.1, 0.15) is 11.3 Å². The van der Waals surface area contributed by atoms with E-state index >= 15 is 0 Å². The molecule has 0 saturated heterocycles. The third-order valence-electron chi connectivity index (χ3n) is 3.14. The molecule has 6 heteroatoms. The van der Waals surface area contributed by atoms with Crippen LogP contribution in [0.25, 0.3) is 11.1 Å². The quantitative estimate of drug-likeness (QED) is 0.873. The summed E-state index contributed by atoms with van der Waals surface area (Å²) in [4.78, 5) is 22.8. The number of carboxylic acid groups (broad SMARTS) is 1. The Bertz CT molecular complexity index is 739. The molecule has 1 N–H and O–H groups in total. The highest BCUT2D eigenvalue weighted by atomic mass is 35.5. The summed E-state index contributed by atoms with van der Waals surface area (Å²) >= 11 is 5.98. The van der Waals surface area contributed by atoms with Gasteiger partial charge in [0.15, 0.2) is 0 Å². The molecule has 0 aliphatic heterocycles. The van der Waals surface area contributed by atoms with Gasteiger partial charge in [-0.05, 0) is 35.4 Å². The summed E-state index contributed by atoms with van der Waals surface area (Å²) in [5.74, 6) is -1.38. The van der Waals surface area contributed by atoms with Crippen LogP contribution in [-0.4, -0.2) is 31.3 Å². The largest absolute Gasteiger partial charge is 0.496 e. The van der Waals surface area contributed by atoms with Crippen LogP contribution in [0.1, 0.15) is 20.7 Å². The lowest BCUT2D eigenvalue weighted by Crippen LogP contribution is -2.03. The number of methoxy groups -OCH3 is 2. The number of carbonyl (C=O) groups is 2. The predicted octanol–water partition coefficient (Wildman–Crippen LogP) is 3.50. The molecule has 0 radical (unpaired) electrons. The first-order valence-electron chi connectivity index (χ1n) is 6.27. The van der Waals surface area contributed by atoms with Gasteiger partial charge in [-0.2, -0.15) is 0 Å². The average Bonchev–Trinajstić information content (AvgIpc) is 2.53. The summed E-state index contributed by atoms with van der Waals surface area (Å²) in [5, 5.41) is 9.37. The van der Waals surface area contributed by atoms with Crippen LogP contribution < -0.4 is 4.74 Å². The zero-order valence-corrected chi connectivity index (χ0v) is 12.7. The summed E-state index contributed by atoms with van der Waals surface area (Å²) in [6, 6.07) is 9.57. The molecule has 0 heterocycles. The highest BCUT2D eigenvalue weighted by Crippen LogP contribution is 2.30. The summed E-state index contributed by atoms with van der Waals surface area (Å²) in [6.45, 7) is 0. The Balaban J connectivity index is 2.53. The van der Waals surface area contributed by atoms with Gasteiger partial charge in [0.05, 0.1) is 24.8 Å². The van der Waals surface area contributed by atoms with Crippen molar-refractivity contribution >= 4 is 23.5 Å². The number of esters is 1. The molecule has 0 unspecified atom stereocenters. The smallest absolute Gasteiger partial charge is 0.339 e. The summed E-state index contributed by atoms with van der Waals surface area (Å²) in [6.07, 6.45) is 0. The van der Waals surface area contributed by atoms with E-state index in [1.807, 2.05) is 0 Å². The molecule has 114 valence electrons. The van der Waals surface area contributed by atoms with E-state index in [-0.39, 0.29) is 21.9 Å². The van der Waals surface area contributed by atoms with Crippen LogP contribution in [0.5, 0.6) is 5.75 Å². The fraction of sp³-hybridized carbons (Fsp3) is 0.125. The van der Waals surface area contributed by atoms with Crippen molar-refractivity contribution < 1.29 is 24.2 Å². The topological polar surface area (TPSA) is 72.8 Å². The number of carboxylic acids is 1. The summed E-state index contributed by atoms with van der Waals surface area (Å²) in [5.41, 5.74) is 1.69. The maximum atomic E-state index is 11.7. The molecule has 0 atom stereocenters. The zero-order valence-electron chi connectivity index (χ0n) is 11.9. The highest BCUT2D eigenvalue weighted by molar-refractivity contribution is 6.33. The van der Waals surface area contributed by atoms with Crippen LogP contribution in [0.3, 0.4) is 0 Å². The van der Waals surface area contributed by atoms with Crippen molar-refractivity contribution in [1.82, 2.24) is 0 Å². The molecule has 0 amide bonds. The van der Waals surface area contributed by atoms with Gasteiger partial charge in [0.25, 0.3) is 0 Å². The van der Waals surface area contributed by atoms with Gasteiger partial charge in [-0.1, -0.05) is 23.7 Å². The van der Waals surface area contributed by atoms with Gasteiger partial charge in [-0.3, -0.25) is 0 Å². The Hall–Kier alpha value is -2.53. The van der Waals surface area contributed by atoms with E-state index < -0.39 is 11.9 Å². The molecular formula is C16H13ClO5. The average molecular weight is 321 g/mol. The second kappa shape index (κ2) is 6.49. The summed E-state index contributed by atoms with van der Waals surface area (Å²) < 4.78 is 9.77. The van der Waals surface area contributed by atoms with Crippen molar-refractivity contribution in [3.8, 4) is 16.9 Å². The fourth-order valence-electron chi connectivity index (χ4n) is 2.02. The van der Waals surface area contributed by atoms with E-state index in [2.05, 4.69) is 4.74 Å². The number of hydrogen-bond donors (Lipinski definition) is 1. The SMILES string of the molecule is COC(=O)c1cc(-c2ccc(C(=O)O)c(OC)c2)ccc1Cl. The second-order valence-electron chi connectivity index (χ2n) is 4.41. The maximum absolute atomic E-state index is 11.7. The van der Waals surface area contributed by atoms with Crippen LogP contribution in [-0.2, 0) is 4.74 Å². The van der Waals surface area contributed by atoms with E-state index in [4.69, 9.17) is 21.4 Å². The molecule has 0 aliphatic rings. The molecule has 0 fully saturated rings. The number of rotatable bonds is 4. The van der Waals surface area contributed by atoms with Gasteiger partial charge in [0.2, 0.25) is 0 Å². The Morgan fingerprint density at radius 2 is 1.64 bits per heavy atom. The lowest BCUT2D eigenvalue weighted by molar-refractivity contribution is 0.0600. The molecule has 2 rings (SSSR count). The minimum absolute atomic E-state index is 0.0633. The molecule has 0 bridgehead atoms. The lowest BCUT2D eigenvalue weighted by Gasteiger charge is -2.10. The molecule has 0 aliphatic carbocycles. The predicted molar refractivity (Wildman–Crippen MR) is 81.7 cm³/mol. The van der Waals surface area contributed by atoms with Gasteiger partial charge >= 0.3 is 11.9 Å². The Kier molecular flexibility index (Phi) is 4.68. The lowest BCUT2D eigenvalue weighted by atomic mass is 10.0. The number of ether oxygens (including phenoxy) is 2. The molecule has 2 aromatic carbocycles. The first kappa shape index (κ1) is 15.9. The van der Waals surface area contributed by atoms with Crippen molar-refractivity contribution in [2.45, 2.75) is 0 Å². The first-order valence-corrected chi connectivity index (χ1v) is 6.65. The zero-order chi connectivity index (χ0) is 16.3. The van der Waals surface area contributed by atoms with Crippen molar-refractivity contribution in [1.29, 1.82) is 0 Å². The van der Waals surface area contributed by atoms with Crippen LogP contribution in [0, 0.1) is 0 Å². The van der Waals surface area contributed by atoms with Gasteiger partial charge in [0, 0.05) is 0 Å². The number of carbonyl (C=O) groups excluding carboxylic acids is 1. The first-order chi connectivity index (χ1) is 10.5. The van der Waals surface area contributed by atoms with E-state index in [0.717, 1.165) is 0 Å².